The van der Waals surface area contributed by atoms with Gasteiger partial charge in [0, 0.05) is 12.6 Å². The minimum atomic E-state index is 0. The Bertz CT molecular complexity index is 97.1. The van der Waals surface area contributed by atoms with E-state index >= 15 is 0 Å². The van der Waals surface area contributed by atoms with Gasteiger partial charge in [0.15, 0.2) is 0 Å². The van der Waals surface area contributed by atoms with Crippen LogP contribution in [-0.4, -0.2) is 25.0 Å². The highest BCUT2D eigenvalue weighted by Gasteiger charge is 2.10. The zero-order valence-corrected chi connectivity index (χ0v) is 6.12. The summed E-state index contributed by atoms with van der Waals surface area (Å²) in [6, 6.07) is 0.438. The van der Waals surface area contributed by atoms with Crippen LogP contribution in [0.1, 0.15) is 6.92 Å². The van der Waals surface area contributed by atoms with E-state index in [4.69, 9.17) is 0 Å². The maximum absolute atomic E-state index is 10.4. The molecular weight excluding hydrogens is 140 g/mol. The first-order chi connectivity index (χ1) is 3.79. The molecule has 9 heavy (non-hydrogen) atoms. The third-order valence-corrected chi connectivity index (χ3v) is 1.22. The molecule has 0 aromatic heterocycles. The van der Waals surface area contributed by atoms with Gasteiger partial charge >= 0.3 is 0 Å². The number of carbonyl (C=O) groups excluding carboxylic acids is 1. The zero-order chi connectivity index (χ0) is 5.98. The molecule has 0 aliphatic carbocycles. The van der Waals surface area contributed by atoms with Gasteiger partial charge in [-0.2, -0.15) is 0 Å². The average Bonchev–Trinajstić information content (AvgIpc) is 1.77. The van der Waals surface area contributed by atoms with Gasteiger partial charge in [-0.3, -0.25) is 4.79 Å². The molecule has 1 amide bonds. The van der Waals surface area contributed by atoms with Crippen molar-refractivity contribution in [1.29, 1.82) is 0 Å². The first kappa shape index (κ1) is 8.72. The van der Waals surface area contributed by atoms with E-state index in [1.165, 1.54) is 0 Å². The Morgan fingerprint density at radius 2 is 2.33 bits per heavy atom. The van der Waals surface area contributed by atoms with Crippen molar-refractivity contribution in [2.45, 2.75) is 13.0 Å². The molecule has 2 N–H and O–H groups in total. The van der Waals surface area contributed by atoms with E-state index in [0.717, 1.165) is 6.54 Å². The maximum atomic E-state index is 10.4. The largest absolute Gasteiger partial charge is 0.353 e. The Balaban J connectivity index is 0.000000640. The summed E-state index contributed by atoms with van der Waals surface area (Å²) in [5.41, 5.74) is 0. The molecule has 0 radical (unpaired) electrons. The van der Waals surface area contributed by atoms with Crippen LogP contribution in [0.5, 0.6) is 0 Å². The molecule has 0 unspecified atom stereocenters. The van der Waals surface area contributed by atoms with Crippen molar-refractivity contribution < 1.29 is 4.79 Å². The molecule has 0 aromatic carbocycles. The van der Waals surface area contributed by atoms with Gasteiger partial charge in [0.1, 0.15) is 0 Å². The molecule has 3 nitrogen and oxygen atoms in total. The van der Waals surface area contributed by atoms with Crippen molar-refractivity contribution in [3.8, 4) is 0 Å². The second-order valence-corrected chi connectivity index (χ2v) is 2.09. The topological polar surface area (TPSA) is 41.1 Å². The van der Waals surface area contributed by atoms with Crippen LogP contribution in [0.2, 0.25) is 0 Å². The molecule has 4 heteroatoms. The van der Waals surface area contributed by atoms with E-state index < -0.39 is 0 Å². The van der Waals surface area contributed by atoms with Crippen molar-refractivity contribution in [2.24, 2.45) is 0 Å². The van der Waals surface area contributed by atoms with Crippen LogP contribution in [0.3, 0.4) is 0 Å². The predicted octanol–water partition coefficient (Wildman–Crippen LogP) is -0.484. The van der Waals surface area contributed by atoms with Crippen LogP contribution in [0, 0.1) is 0 Å². The molecule has 0 aromatic rings. The second-order valence-electron chi connectivity index (χ2n) is 2.09. The minimum Gasteiger partial charge on any atom is -0.353 e. The third kappa shape index (κ3) is 2.67. The monoisotopic (exact) mass is 150 g/mol. The number of amides is 1. The summed E-state index contributed by atoms with van der Waals surface area (Å²) in [6.07, 6.45) is 0. The maximum Gasteiger partial charge on any atom is 0.234 e. The summed E-state index contributed by atoms with van der Waals surface area (Å²) in [7, 11) is 0. The van der Waals surface area contributed by atoms with Crippen LogP contribution < -0.4 is 10.6 Å². The van der Waals surface area contributed by atoms with E-state index in [1.807, 2.05) is 6.92 Å². The molecule has 1 rings (SSSR count). The van der Waals surface area contributed by atoms with Crippen LogP contribution in [-0.2, 0) is 4.79 Å². The fourth-order valence-electron chi connectivity index (χ4n) is 0.669. The predicted molar refractivity (Wildman–Crippen MR) is 37.7 cm³/mol. The number of hydrogen-bond donors (Lipinski definition) is 2. The van der Waals surface area contributed by atoms with Gasteiger partial charge in [-0.25, -0.2) is 0 Å². The van der Waals surface area contributed by atoms with Crippen LogP contribution in [0.4, 0.5) is 0 Å². The van der Waals surface area contributed by atoms with Gasteiger partial charge in [-0.05, 0) is 6.92 Å². The van der Waals surface area contributed by atoms with E-state index in [9.17, 15) is 4.79 Å². The quantitative estimate of drug-likeness (QED) is 0.490. The Morgan fingerprint density at radius 3 is 2.67 bits per heavy atom. The highest BCUT2D eigenvalue weighted by Crippen LogP contribution is 1.82. The van der Waals surface area contributed by atoms with Gasteiger partial charge < -0.3 is 10.6 Å². The van der Waals surface area contributed by atoms with Gasteiger partial charge in [-0.15, -0.1) is 12.4 Å². The SMILES string of the molecule is C[C@H]1CNC(=O)CN1.Cl. The van der Waals surface area contributed by atoms with Gasteiger partial charge in [0.05, 0.1) is 6.54 Å². The summed E-state index contributed by atoms with van der Waals surface area (Å²) in [6.45, 7) is 3.28. The molecular formula is C5H11ClN2O. The molecule has 0 bridgehead atoms. The van der Waals surface area contributed by atoms with E-state index in [2.05, 4.69) is 10.6 Å². The van der Waals surface area contributed by atoms with Gasteiger partial charge in [0.25, 0.3) is 0 Å². The molecule has 1 aliphatic heterocycles. The lowest BCUT2D eigenvalue weighted by Crippen LogP contribution is -2.50. The summed E-state index contributed by atoms with van der Waals surface area (Å²) in [4.78, 5) is 10.4. The average molecular weight is 151 g/mol. The van der Waals surface area contributed by atoms with E-state index in [1.54, 1.807) is 0 Å². The normalized spacial score (nSPS) is 26.3. The van der Waals surface area contributed by atoms with Crippen LogP contribution >= 0.6 is 12.4 Å². The van der Waals surface area contributed by atoms with Crippen molar-refractivity contribution in [3.63, 3.8) is 0 Å². The number of rotatable bonds is 0. The lowest BCUT2D eigenvalue weighted by atomic mass is 10.3. The zero-order valence-electron chi connectivity index (χ0n) is 5.31. The lowest BCUT2D eigenvalue weighted by molar-refractivity contribution is -0.121. The summed E-state index contributed by atoms with van der Waals surface area (Å²) >= 11 is 0. The molecule has 1 aliphatic rings. The van der Waals surface area contributed by atoms with Crippen LogP contribution in [0.15, 0.2) is 0 Å². The van der Waals surface area contributed by atoms with E-state index in [-0.39, 0.29) is 18.3 Å². The number of carbonyl (C=O) groups is 1. The van der Waals surface area contributed by atoms with Crippen molar-refractivity contribution in [2.75, 3.05) is 13.1 Å². The molecule has 1 fully saturated rings. The number of piperazine rings is 1. The number of nitrogens with one attached hydrogen (secondary N) is 2. The lowest BCUT2D eigenvalue weighted by Gasteiger charge is -2.19. The summed E-state index contributed by atoms with van der Waals surface area (Å²) in [5.74, 6) is 0.100. The Kier molecular flexibility index (Phi) is 3.58. The smallest absolute Gasteiger partial charge is 0.234 e. The first-order valence-corrected chi connectivity index (χ1v) is 2.79. The molecule has 0 spiro atoms. The van der Waals surface area contributed by atoms with Crippen molar-refractivity contribution in [1.82, 2.24) is 10.6 Å². The molecule has 1 saturated heterocycles. The Morgan fingerprint density at radius 1 is 1.67 bits per heavy atom. The molecule has 1 atom stereocenters. The fourth-order valence-corrected chi connectivity index (χ4v) is 0.669. The third-order valence-electron chi connectivity index (χ3n) is 1.22. The second kappa shape index (κ2) is 3.69. The standard InChI is InChI=1S/C5H10N2O.ClH/c1-4-2-7-5(8)3-6-4;/h4,6H,2-3H2,1H3,(H,7,8);1H/t4-;/m0./s1. The van der Waals surface area contributed by atoms with Crippen LogP contribution in [0.25, 0.3) is 0 Å². The molecule has 1 heterocycles. The highest BCUT2D eigenvalue weighted by atomic mass is 35.5. The molecule has 0 saturated carbocycles. The van der Waals surface area contributed by atoms with E-state index in [0.29, 0.717) is 12.6 Å². The first-order valence-electron chi connectivity index (χ1n) is 2.79. The van der Waals surface area contributed by atoms with Gasteiger partial charge in [0.2, 0.25) is 5.91 Å². The number of hydrogen-bond acceptors (Lipinski definition) is 2. The summed E-state index contributed by atoms with van der Waals surface area (Å²) in [5, 5.41) is 5.75. The molecule has 54 valence electrons. The minimum absolute atomic E-state index is 0. The Hall–Kier alpha value is -0.280. The van der Waals surface area contributed by atoms with Crippen molar-refractivity contribution >= 4 is 18.3 Å². The van der Waals surface area contributed by atoms with Gasteiger partial charge in [-0.1, -0.05) is 0 Å². The number of halogens is 1. The van der Waals surface area contributed by atoms with Crippen molar-refractivity contribution in [3.05, 3.63) is 0 Å². The summed E-state index contributed by atoms with van der Waals surface area (Å²) < 4.78 is 0. The Labute approximate surface area is 60.6 Å². The fraction of sp³-hybridized carbons (Fsp3) is 0.800. The highest BCUT2D eigenvalue weighted by molar-refractivity contribution is 5.85.